The highest BCUT2D eigenvalue weighted by atomic mass is 16.6. The fourth-order valence-corrected chi connectivity index (χ4v) is 2.31. The molecule has 1 unspecified atom stereocenters. The normalized spacial score (nSPS) is 11.9. The Balaban J connectivity index is 3.08. The number of benzene rings is 1. The van der Waals surface area contributed by atoms with E-state index in [2.05, 4.69) is 19.2 Å². The molecule has 0 aliphatic heterocycles. The van der Waals surface area contributed by atoms with Gasteiger partial charge in [0, 0.05) is 6.04 Å². The molecule has 5 heteroatoms. The lowest BCUT2D eigenvalue weighted by Gasteiger charge is -2.23. The van der Waals surface area contributed by atoms with Crippen LogP contribution in [0.25, 0.3) is 0 Å². The van der Waals surface area contributed by atoms with E-state index in [0.717, 1.165) is 12.8 Å². The standard InChI is InChI=1S/C14H19N3O2/c1-4-11(5-2)10(3)16-13-8-6-7-12(9-15)14(13)17(18)19/h6-8,10-11,16H,4-5H2,1-3H3. The Kier molecular flexibility index (Phi) is 5.31. The Morgan fingerprint density at radius 1 is 1.42 bits per heavy atom. The third-order valence-electron chi connectivity index (χ3n) is 3.48. The van der Waals surface area contributed by atoms with E-state index in [1.807, 2.05) is 13.0 Å². The largest absolute Gasteiger partial charge is 0.377 e. The molecule has 0 aliphatic carbocycles. The Labute approximate surface area is 113 Å². The second-order valence-electron chi connectivity index (χ2n) is 4.58. The molecule has 5 nitrogen and oxygen atoms in total. The lowest BCUT2D eigenvalue weighted by atomic mass is 9.95. The molecule has 0 amide bonds. The van der Waals surface area contributed by atoms with Gasteiger partial charge < -0.3 is 5.32 Å². The first-order valence-corrected chi connectivity index (χ1v) is 6.49. The first kappa shape index (κ1) is 15.0. The van der Waals surface area contributed by atoms with Gasteiger partial charge in [0.15, 0.2) is 0 Å². The minimum Gasteiger partial charge on any atom is -0.377 e. The first-order chi connectivity index (χ1) is 9.04. The van der Waals surface area contributed by atoms with E-state index in [-0.39, 0.29) is 17.3 Å². The molecule has 0 aromatic heterocycles. The van der Waals surface area contributed by atoms with Crippen molar-refractivity contribution in [1.29, 1.82) is 5.26 Å². The monoisotopic (exact) mass is 261 g/mol. The molecule has 0 saturated heterocycles. The van der Waals surface area contributed by atoms with E-state index >= 15 is 0 Å². The molecule has 1 rings (SSSR count). The molecule has 0 spiro atoms. The summed E-state index contributed by atoms with van der Waals surface area (Å²) in [6, 6.07) is 6.77. The van der Waals surface area contributed by atoms with Crippen molar-refractivity contribution in [3.05, 3.63) is 33.9 Å². The van der Waals surface area contributed by atoms with Gasteiger partial charge in [-0.1, -0.05) is 32.8 Å². The smallest absolute Gasteiger partial charge is 0.309 e. The van der Waals surface area contributed by atoms with Gasteiger partial charge in [0.25, 0.3) is 0 Å². The fourth-order valence-electron chi connectivity index (χ4n) is 2.31. The average molecular weight is 261 g/mol. The van der Waals surface area contributed by atoms with Gasteiger partial charge in [-0.2, -0.15) is 5.26 Å². The lowest BCUT2D eigenvalue weighted by Crippen LogP contribution is -2.25. The highest BCUT2D eigenvalue weighted by molar-refractivity contribution is 5.68. The summed E-state index contributed by atoms with van der Waals surface area (Å²) in [5.41, 5.74) is 0.373. The zero-order valence-electron chi connectivity index (χ0n) is 11.5. The third-order valence-corrected chi connectivity index (χ3v) is 3.48. The number of nitriles is 1. The highest BCUT2D eigenvalue weighted by Crippen LogP contribution is 2.30. The first-order valence-electron chi connectivity index (χ1n) is 6.49. The number of nitro benzene ring substituents is 1. The van der Waals surface area contributed by atoms with Crippen LogP contribution in [0.15, 0.2) is 18.2 Å². The van der Waals surface area contributed by atoms with Crippen LogP contribution in [0.1, 0.15) is 39.2 Å². The zero-order chi connectivity index (χ0) is 14.4. The lowest BCUT2D eigenvalue weighted by molar-refractivity contribution is -0.384. The van der Waals surface area contributed by atoms with Crippen LogP contribution >= 0.6 is 0 Å². The SMILES string of the molecule is CCC(CC)C(C)Nc1cccc(C#N)c1[N+](=O)[O-]. The van der Waals surface area contributed by atoms with E-state index in [4.69, 9.17) is 5.26 Å². The molecule has 1 aromatic rings. The van der Waals surface area contributed by atoms with Crippen molar-refractivity contribution in [3.8, 4) is 6.07 Å². The predicted molar refractivity (Wildman–Crippen MR) is 75.0 cm³/mol. The minimum atomic E-state index is -0.499. The van der Waals surface area contributed by atoms with Crippen LogP contribution in [0, 0.1) is 27.4 Å². The van der Waals surface area contributed by atoms with Gasteiger partial charge >= 0.3 is 5.69 Å². The number of anilines is 1. The highest BCUT2D eigenvalue weighted by Gasteiger charge is 2.22. The van der Waals surface area contributed by atoms with Crippen LogP contribution in [0.4, 0.5) is 11.4 Å². The van der Waals surface area contributed by atoms with Gasteiger partial charge in [0.1, 0.15) is 17.3 Å². The third kappa shape index (κ3) is 3.44. The summed E-state index contributed by atoms with van der Waals surface area (Å²) in [7, 11) is 0. The number of para-hydroxylation sites is 1. The molecule has 0 heterocycles. The van der Waals surface area contributed by atoms with E-state index in [1.165, 1.54) is 6.07 Å². The van der Waals surface area contributed by atoms with Crippen LogP contribution in [-0.2, 0) is 0 Å². The second kappa shape index (κ2) is 6.74. The molecule has 0 aliphatic rings. The molecule has 0 radical (unpaired) electrons. The molecule has 102 valence electrons. The van der Waals surface area contributed by atoms with Crippen LogP contribution in [0.5, 0.6) is 0 Å². The van der Waals surface area contributed by atoms with Crippen molar-refractivity contribution in [1.82, 2.24) is 0 Å². The number of nitrogens with one attached hydrogen (secondary N) is 1. The van der Waals surface area contributed by atoms with Crippen molar-refractivity contribution in [2.24, 2.45) is 5.92 Å². The van der Waals surface area contributed by atoms with Crippen LogP contribution in [0.3, 0.4) is 0 Å². The molecule has 19 heavy (non-hydrogen) atoms. The van der Waals surface area contributed by atoms with Gasteiger partial charge in [-0.25, -0.2) is 0 Å². The molecule has 0 saturated carbocycles. The number of nitrogens with zero attached hydrogens (tertiary/aromatic N) is 2. The topological polar surface area (TPSA) is 79.0 Å². The molecule has 1 atom stereocenters. The van der Waals surface area contributed by atoms with Gasteiger partial charge in [0.2, 0.25) is 0 Å². The van der Waals surface area contributed by atoms with E-state index in [0.29, 0.717) is 11.6 Å². The van der Waals surface area contributed by atoms with Crippen LogP contribution < -0.4 is 5.32 Å². The average Bonchev–Trinajstić information content (AvgIpc) is 2.39. The van der Waals surface area contributed by atoms with Crippen molar-refractivity contribution in [2.45, 2.75) is 39.7 Å². The van der Waals surface area contributed by atoms with E-state index in [9.17, 15) is 10.1 Å². The van der Waals surface area contributed by atoms with Gasteiger partial charge in [-0.3, -0.25) is 10.1 Å². The maximum atomic E-state index is 11.1. The molecular formula is C14H19N3O2. The molecular weight excluding hydrogens is 242 g/mol. The maximum Gasteiger partial charge on any atom is 0.309 e. The quantitative estimate of drug-likeness (QED) is 0.625. The van der Waals surface area contributed by atoms with Crippen molar-refractivity contribution < 1.29 is 4.92 Å². The summed E-state index contributed by atoms with van der Waals surface area (Å²) in [6.07, 6.45) is 2.02. The zero-order valence-corrected chi connectivity index (χ0v) is 11.5. The summed E-state index contributed by atoms with van der Waals surface area (Å²) >= 11 is 0. The van der Waals surface area contributed by atoms with Gasteiger partial charge in [0.05, 0.1) is 4.92 Å². The molecule has 0 bridgehead atoms. The van der Waals surface area contributed by atoms with E-state index in [1.54, 1.807) is 12.1 Å². The van der Waals surface area contributed by atoms with Crippen molar-refractivity contribution >= 4 is 11.4 Å². The number of hydrogen-bond acceptors (Lipinski definition) is 4. The van der Waals surface area contributed by atoms with Gasteiger partial charge in [-0.05, 0) is 25.0 Å². The summed E-state index contributed by atoms with van der Waals surface area (Å²) < 4.78 is 0. The van der Waals surface area contributed by atoms with Crippen molar-refractivity contribution in [2.75, 3.05) is 5.32 Å². The Morgan fingerprint density at radius 3 is 2.53 bits per heavy atom. The Hall–Kier alpha value is -2.09. The maximum absolute atomic E-state index is 11.1. The molecule has 1 aromatic carbocycles. The molecule has 0 fully saturated rings. The molecule has 1 N–H and O–H groups in total. The number of nitro groups is 1. The number of rotatable bonds is 6. The summed E-state index contributed by atoms with van der Waals surface area (Å²) in [6.45, 7) is 6.22. The fraction of sp³-hybridized carbons (Fsp3) is 0.500. The predicted octanol–water partition coefficient (Wildman–Crippen LogP) is 3.70. The van der Waals surface area contributed by atoms with Crippen LogP contribution in [-0.4, -0.2) is 11.0 Å². The number of hydrogen-bond donors (Lipinski definition) is 1. The van der Waals surface area contributed by atoms with Gasteiger partial charge in [-0.15, -0.1) is 0 Å². The second-order valence-corrected chi connectivity index (χ2v) is 4.58. The van der Waals surface area contributed by atoms with Crippen LogP contribution in [0.2, 0.25) is 0 Å². The van der Waals surface area contributed by atoms with E-state index < -0.39 is 4.92 Å². The Bertz CT molecular complexity index is 490. The Morgan fingerprint density at radius 2 is 2.05 bits per heavy atom. The minimum absolute atomic E-state index is 0.0896. The summed E-state index contributed by atoms with van der Waals surface area (Å²) in [4.78, 5) is 10.6. The summed E-state index contributed by atoms with van der Waals surface area (Å²) in [5.74, 6) is 0.449. The van der Waals surface area contributed by atoms with Crippen molar-refractivity contribution in [3.63, 3.8) is 0 Å². The summed E-state index contributed by atoms with van der Waals surface area (Å²) in [5, 5.41) is 23.2.